The smallest absolute Gasteiger partial charge is 0.382 e. The van der Waals surface area contributed by atoms with E-state index in [0.29, 0.717) is 13.1 Å². The number of nitrogens with one attached hydrogen (secondary N) is 1. The van der Waals surface area contributed by atoms with Crippen molar-refractivity contribution in [3.8, 4) is 0 Å². The third-order valence-corrected chi connectivity index (χ3v) is 2.68. The van der Waals surface area contributed by atoms with Crippen molar-refractivity contribution in [1.82, 2.24) is 10.2 Å². The highest BCUT2D eigenvalue weighted by Gasteiger charge is 2.40. The Kier molecular flexibility index (Phi) is 3.97. The van der Waals surface area contributed by atoms with Crippen molar-refractivity contribution in [1.29, 1.82) is 0 Å². The summed E-state index contributed by atoms with van der Waals surface area (Å²) in [7, 11) is 0. The number of aliphatic hydroxyl groups excluding tert-OH is 1. The predicted octanol–water partition coefficient (Wildman–Crippen LogP) is 0.592. The van der Waals surface area contributed by atoms with Crippen LogP contribution >= 0.6 is 0 Å². The molecule has 1 fully saturated rings. The topological polar surface area (TPSA) is 35.5 Å². The van der Waals surface area contributed by atoms with Crippen molar-refractivity contribution < 1.29 is 18.3 Å². The quantitative estimate of drug-likeness (QED) is 0.723. The summed E-state index contributed by atoms with van der Waals surface area (Å²) in [5.41, 5.74) is 0. The van der Waals surface area contributed by atoms with E-state index < -0.39 is 12.3 Å². The maximum Gasteiger partial charge on any atom is 0.415 e. The van der Waals surface area contributed by atoms with Gasteiger partial charge >= 0.3 is 6.18 Å². The van der Waals surface area contributed by atoms with Crippen molar-refractivity contribution in [3.05, 3.63) is 0 Å². The number of β-amino-alcohol motifs (C(OH)–C–C–N with tert-alkyl or cyclic N) is 1. The van der Waals surface area contributed by atoms with E-state index in [1.807, 2.05) is 13.8 Å². The highest BCUT2D eigenvalue weighted by atomic mass is 19.4. The average molecular weight is 226 g/mol. The second-order valence-corrected chi connectivity index (χ2v) is 4.17. The SMILES string of the molecule is CC1CN(CC(O)C(F)(F)F)C(C)CN1. The van der Waals surface area contributed by atoms with Gasteiger partial charge in [-0.25, -0.2) is 0 Å². The maximum absolute atomic E-state index is 12.1. The molecule has 3 nitrogen and oxygen atoms in total. The number of hydrogen-bond acceptors (Lipinski definition) is 3. The van der Waals surface area contributed by atoms with Crippen LogP contribution in [0, 0.1) is 0 Å². The molecule has 3 atom stereocenters. The molecule has 0 aliphatic carbocycles. The first-order valence-corrected chi connectivity index (χ1v) is 5.03. The zero-order chi connectivity index (χ0) is 11.6. The van der Waals surface area contributed by atoms with Gasteiger partial charge in [0, 0.05) is 31.7 Å². The average Bonchev–Trinajstić information content (AvgIpc) is 2.09. The van der Waals surface area contributed by atoms with Gasteiger partial charge in [0.1, 0.15) is 0 Å². The van der Waals surface area contributed by atoms with Gasteiger partial charge in [-0.2, -0.15) is 13.2 Å². The second-order valence-electron chi connectivity index (χ2n) is 4.17. The summed E-state index contributed by atoms with van der Waals surface area (Å²) in [4.78, 5) is 1.67. The molecule has 6 heteroatoms. The van der Waals surface area contributed by atoms with Crippen LogP contribution in [0.15, 0.2) is 0 Å². The summed E-state index contributed by atoms with van der Waals surface area (Å²) >= 11 is 0. The molecule has 1 heterocycles. The number of nitrogens with zero attached hydrogens (tertiary/aromatic N) is 1. The molecular weight excluding hydrogens is 209 g/mol. The zero-order valence-electron chi connectivity index (χ0n) is 8.88. The van der Waals surface area contributed by atoms with Gasteiger partial charge in [0.05, 0.1) is 0 Å². The highest BCUT2D eigenvalue weighted by Crippen LogP contribution is 2.21. The van der Waals surface area contributed by atoms with E-state index in [-0.39, 0.29) is 18.6 Å². The van der Waals surface area contributed by atoms with Gasteiger partial charge in [0.2, 0.25) is 0 Å². The number of alkyl halides is 3. The van der Waals surface area contributed by atoms with Crippen LogP contribution in [0.5, 0.6) is 0 Å². The van der Waals surface area contributed by atoms with Gasteiger partial charge in [-0.15, -0.1) is 0 Å². The number of halogens is 3. The van der Waals surface area contributed by atoms with Gasteiger partial charge in [0.15, 0.2) is 6.10 Å². The number of piperazine rings is 1. The summed E-state index contributed by atoms with van der Waals surface area (Å²) in [6.45, 7) is 4.62. The maximum atomic E-state index is 12.1. The molecule has 0 aromatic rings. The lowest BCUT2D eigenvalue weighted by molar-refractivity contribution is -0.210. The van der Waals surface area contributed by atoms with Gasteiger partial charge in [-0.3, -0.25) is 4.90 Å². The predicted molar refractivity (Wildman–Crippen MR) is 50.6 cm³/mol. The lowest BCUT2D eigenvalue weighted by atomic mass is 10.1. The molecule has 0 spiro atoms. The molecule has 0 bridgehead atoms. The fraction of sp³-hybridized carbons (Fsp3) is 1.00. The Morgan fingerprint density at radius 3 is 2.60 bits per heavy atom. The van der Waals surface area contributed by atoms with Crippen molar-refractivity contribution in [3.63, 3.8) is 0 Å². The van der Waals surface area contributed by atoms with Crippen molar-refractivity contribution in [2.75, 3.05) is 19.6 Å². The van der Waals surface area contributed by atoms with Crippen LogP contribution in [0.4, 0.5) is 13.2 Å². The van der Waals surface area contributed by atoms with Crippen LogP contribution in [0.25, 0.3) is 0 Å². The number of hydrogen-bond donors (Lipinski definition) is 2. The molecular formula is C9H17F3N2O. The van der Waals surface area contributed by atoms with Crippen molar-refractivity contribution >= 4 is 0 Å². The minimum absolute atomic E-state index is 0.0261. The molecule has 1 saturated heterocycles. The first-order chi connectivity index (χ1) is 6.80. The fourth-order valence-electron chi connectivity index (χ4n) is 1.68. The first-order valence-electron chi connectivity index (χ1n) is 5.03. The molecule has 1 rings (SSSR count). The van der Waals surface area contributed by atoms with E-state index in [1.165, 1.54) is 0 Å². The molecule has 1 aliphatic rings. The zero-order valence-corrected chi connectivity index (χ0v) is 8.88. The van der Waals surface area contributed by atoms with E-state index in [4.69, 9.17) is 5.11 Å². The standard InChI is InChI=1S/C9H17F3N2O/c1-6-4-14(7(2)3-13-6)5-8(15)9(10,11)12/h6-8,13,15H,3-5H2,1-2H3. The molecule has 0 saturated carbocycles. The molecule has 0 aromatic carbocycles. The molecule has 3 unspecified atom stereocenters. The van der Waals surface area contributed by atoms with E-state index in [1.54, 1.807) is 4.90 Å². The third-order valence-electron chi connectivity index (χ3n) is 2.68. The van der Waals surface area contributed by atoms with Crippen LogP contribution in [0.3, 0.4) is 0 Å². The van der Waals surface area contributed by atoms with Crippen LogP contribution in [0.1, 0.15) is 13.8 Å². The molecule has 1 aliphatic heterocycles. The lowest BCUT2D eigenvalue weighted by Crippen LogP contribution is -2.57. The Balaban J connectivity index is 2.49. The Morgan fingerprint density at radius 1 is 1.47 bits per heavy atom. The summed E-state index contributed by atoms with van der Waals surface area (Å²) < 4.78 is 36.4. The van der Waals surface area contributed by atoms with Gasteiger partial charge in [-0.1, -0.05) is 0 Å². The van der Waals surface area contributed by atoms with Crippen LogP contribution in [-0.2, 0) is 0 Å². The van der Waals surface area contributed by atoms with E-state index >= 15 is 0 Å². The Labute approximate surface area is 87.3 Å². The van der Waals surface area contributed by atoms with Crippen LogP contribution < -0.4 is 5.32 Å². The Bertz CT molecular complexity index is 210. The summed E-state index contributed by atoms with van der Waals surface area (Å²) in [5, 5.41) is 12.1. The second kappa shape index (κ2) is 4.67. The van der Waals surface area contributed by atoms with E-state index in [2.05, 4.69) is 5.32 Å². The third kappa shape index (κ3) is 3.62. The first kappa shape index (κ1) is 12.7. The van der Waals surface area contributed by atoms with Crippen molar-refractivity contribution in [2.24, 2.45) is 0 Å². The fourth-order valence-corrected chi connectivity index (χ4v) is 1.68. The van der Waals surface area contributed by atoms with Crippen molar-refractivity contribution in [2.45, 2.75) is 38.2 Å². The highest BCUT2D eigenvalue weighted by molar-refractivity contribution is 4.84. The van der Waals surface area contributed by atoms with Gasteiger partial charge in [-0.05, 0) is 13.8 Å². The number of aliphatic hydroxyl groups is 1. The Hall–Kier alpha value is -0.330. The van der Waals surface area contributed by atoms with Crippen LogP contribution in [-0.4, -0.2) is 54.0 Å². The van der Waals surface area contributed by atoms with E-state index in [0.717, 1.165) is 0 Å². The summed E-state index contributed by atoms with van der Waals surface area (Å²) in [6, 6.07) is 0.194. The molecule has 0 amide bonds. The molecule has 90 valence electrons. The van der Waals surface area contributed by atoms with Gasteiger partial charge < -0.3 is 10.4 Å². The minimum Gasteiger partial charge on any atom is -0.382 e. The summed E-state index contributed by atoms with van der Waals surface area (Å²) in [5.74, 6) is 0. The summed E-state index contributed by atoms with van der Waals surface area (Å²) in [6.07, 6.45) is -6.77. The number of rotatable bonds is 2. The van der Waals surface area contributed by atoms with Gasteiger partial charge in [0.25, 0.3) is 0 Å². The van der Waals surface area contributed by atoms with E-state index in [9.17, 15) is 13.2 Å². The molecule has 2 N–H and O–H groups in total. The minimum atomic E-state index is -4.52. The molecule has 0 radical (unpaired) electrons. The Morgan fingerprint density at radius 2 is 2.07 bits per heavy atom. The molecule has 0 aromatic heterocycles. The normalized spacial score (nSPS) is 31.6. The molecule has 15 heavy (non-hydrogen) atoms. The lowest BCUT2D eigenvalue weighted by Gasteiger charge is -2.38. The van der Waals surface area contributed by atoms with Crippen LogP contribution in [0.2, 0.25) is 0 Å². The monoisotopic (exact) mass is 226 g/mol. The largest absolute Gasteiger partial charge is 0.415 e.